The fourth-order valence-electron chi connectivity index (χ4n) is 3.02. The summed E-state index contributed by atoms with van der Waals surface area (Å²) >= 11 is 0. The van der Waals surface area contributed by atoms with Gasteiger partial charge in [0.05, 0.1) is 12.7 Å². The van der Waals surface area contributed by atoms with Gasteiger partial charge >= 0.3 is 0 Å². The molecule has 1 aromatic heterocycles. The molecule has 3 N–H and O–H groups in total. The summed E-state index contributed by atoms with van der Waals surface area (Å²) in [5.41, 5.74) is 8.35. The first-order chi connectivity index (χ1) is 15.2. The molecule has 32 heavy (non-hydrogen) atoms. The molecule has 0 saturated carbocycles. The number of aromatic nitrogens is 2. The Kier molecular flexibility index (Phi) is 7.10. The van der Waals surface area contributed by atoms with Gasteiger partial charge in [0.15, 0.2) is 6.61 Å². The van der Waals surface area contributed by atoms with Gasteiger partial charge in [0, 0.05) is 12.1 Å². The maximum atomic E-state index is 12.4. The molecule has 2 aromatic carbocycles. The molecule has 0 aliphatic carbocycles. The van der Waals surface area contributed by atoms with Crippen molar-refractivity contribution >= 4 is 23.7 Å². The van der Waals surface area contributed by atoms with Crippen LogP contribution in [-0.4, -0.2) is 28.2 Å². The molecule has 0 aliphatic rings. The van der Waals surface area contributed by atoms with E-state index in [1.165, 1.54) is 11.6 Å². The minimum absolute atomic E-state index is 0.104. The van der Waals surface area contributed by atoms with Crippen LogP contribution in [0.5, 0.6) is 5.75 Å². The van der Waals surface area contributed by atoms with Crippen LogP contribution >= 0.6 is 0 Å². The maximum absolute atomic E-state index is 12.4. The van der Waals surface area contributed by atoms with E-state index in [1.807, 2.05) is 0 Å². The smallest absolute Gasteiger partial charge is 0.255 e. The van der Waals surface area contributed by atoms with Crippen LogP contribution in [0.2, 0.25) is 0 Å². The average molecular weight is 433 g/mol. The number of rotatable bonds is 8. The van der Waals surface area contributed by atoms with Gasteiger partial charge in [0.25, 0.3) is 5.91 Å². The molecule has 0 saturated heterocycles. The van der Waals surface area contributed by atoms with Crippen molar-refractivity contribution in [1.82, 2.24) is 9.78 Å². The van der Waals surface area contributed by atoms with Crippen molar-refractivity contribution in [1.29, 1.82) is 0 Å². The molecule has 0 unspecified atom stereocenters. The summed E-state index contributed by atoms with van der Waals surface area (Å²) in [6, 6.07) is 17.2. The molecule has 1 heterocycles. The molecule has 7 heteroatoms. The van der Waals surface area contributed by atoms with Crippen molar-refractivity contribution in [3.8, 4) is 5.75 Å². The standard InChI is InChI=1S/C25H28N4O3/c1-25(2,3)20-9-4-19(5-10-20)16-29-23(14-15-27-29)28-24(31)13-8-18-6-11-21(12-7-18)32-17-22(26)30/h4-15H,16-17H2,1-3H3,(H2,26,30)(H,28,31)/b13-8+. The number of anilines is 1. The van der Waals surface area contributed by atoms with Gasteiger partial charge in [-0.1, -0.05) is 57.2 Å². The number of nitrogens with one attached hydrogen (secondary N) is 1. The van der Waals surface area contributed by atoms with Crippen LogP contribution in [0.3, 0.4) is 0 Å². The Morgan fingerprint density at radius 1 is 1.06 bits per heavy atom. The molecule has 0 fully saturated rings. The number of primary amides is 1. The number of hydrogen-bond donors (Lipinski definition) is 2. The fraction of sp³-hybridized carbons (Fsp3) is 0.240. The van der Waals surface area contributed by atoms with E-state index in [4.69, 9.17) is 10.5 Å². The second-order valence-electron chi connectivity index (χ2n) is 8.47. The summed E-state index contributed by atoms with van der Waals surface area (Å²) in [5, 5.41) is 7.18. The Bertz CT molecular complexity index is 1090. The van der Waals surface area contributed by atoms with Crippen LogP contribution in [0.25, 0.3) is 6.08 Å². The van der Waals surface area contributed by atoms with Gasteiger partial charge < -0.3 is 15.8 Å². The third-order valence-electron chi connectivity index (χ3n) is 4.81. The average Bonchev–Trinajstić information content (AvgIpc) is 3.17. The molecule has 3 aromatic rings. The zero-order valence-corrected chi connectivity index (χ0v) is 18.5. The topological polar surface area (TPSA) is 99.2 Å². The van der Waals surface area contributed by atoms with E-state index >= 15 is 0 Å². The van der Waals surface area contributed by atoms with Gasteiger partial charge in [-0.2, -0.15) is 5.10 Å². The predicted octanol–water partition coefficient (Wildman–Crippen LogP) is 3.74. The quantitative estimate of drug-likeness (QED) is 0.530. The highest BCUT2D eigenvalue weighted by molar-refractivity contribution is 6.01. The minimum atomic E-state index is -0.535. The van der Waals surface area contributed by atoms with Gasteiger partial charge in [-0.15, -0.1) is 0 Å². The lowest BCUT2D eigenvalue weighted by Gasteiger charge is -2.19. The van der Waals surface area contributed by atoms with Crippen LogP contribution in [-0.2, 0) is 21.5 Å². The number of amides is 2. The molecule has 0 radical (unpaired) electrons. The molecule has 166 valence electrons. The summed E-state index contributed by atoms with van der Waals surface area (Å²) in [6.07, 6.45) is 4.81. The Hall–Kier alpha value is -3.87. The third kappa shape index (κ3) is 6.57. The highest BCUT2D eigenvalue weighted by Crippen LogP contribution is 2.22. The Morgan fingerprint density at radius 3 is 2.38 bits per heavy atom. The number of hydrogen-bond acceptors (Lipinski definition) is 4. The Morgan fingerprint density at radius 2 is 1.75 bits per heavy atom. The largest absolute Gasteiger partial charge is 0.484 e. The summed E-state index contributed by atoms with van der Waals surface area (Å²) in [4.78, 5) is 23.1. The Balaban J connectivity index is 1.58. The zero-order chi connectivity index (χ0) is 23.1. The number of nitrogens with zero attached hydrogens (tertiary/aromatic N) is 2. The number of carbonyl (C=O) groups excluding carboxylic acids is 2. The molecule has 0 atom stereocenters. The van der Waals surface area contributed by atoms with E-state index in [1.54, 1.807) is 47.3 Å². The highest BCUT2D eigenvalue weighted by Gasteiger charge is 2.13. The lowest BCUT2D eigenvalue weighted by atomic mass is 9.87. The lowest BCUT2D eigenvalue weighted by Crippen LogP contribution is -2.19. The van der Waals surface area contributed by atoms with E-state index in [-0.39, 0.29) is 17.9 Å². The van der Waals surface area contributed by atoms with Crippen LogP contribution in [0, 0.1) is 0 Å². The monoisotopic (exact) mass is 432 g/mol. The van der Waals surface area contributed by atoms with Gasteiger partial charge in [-0.3, -0.25) is 9.59 Å². The molecular weight excluding hydrogens is 404 g/mol. The van der Waals surface area contributed by atoms with Crippen LogP contribution in [0.1, 0.15) is 37.5 Å². The predicted molar refractivity (Wildman–Crippen MR) is 125 cm³/mol. The summed E-state index contributed by atoms with van der Waals surface area (Å²) in [6.45, 7) is 6.93. The molecule has 2 amide bonds. The van der Waals surface area contributed by atoms with E-state index < -0.39 is 5.91 Å². The van der Waals surface area contributed by atoms with E-state index in [9.17, 15) is 9.59 Å². The fourth-order valence-corrected chi connectivity index (χ4v) is 3.02. The van der Waals surface area contributed by atoms with E-state index in [0.717, 1.165) is 11.1 Å². The van der Waals surface area contributed by atoms with Gasteiger partial charge in [0.2, 0.25) is 5.91 Å². The first kappa shape index (κ1) is 22.8. The minimum Gasteiger partial charge on any atom is -0.484 e. The first-order valence-electron chi connectivity index (χ1n) is 10.3. The second kappa shape index (κ2) is 9.96. The number of nitrogens with two attached hydrogens (primary N) is 1. The highest BCUT2D eigenvalue weighted by atomic mass is 16.5. The van der Waals surface area contributed by atoms with Crippen molar-refractivity contribution < 1.29 is 14.3 Å². The number of carbonyl (C=O) groups is 2. The van der Waals surface area contributed by atoms with Crippen LogP contribution in [0.4, 0.5) is 5.82 Å². The van der Waals surface area contributed by atoms with Crippen molar-refractivity contribution in [2.45, 2.75) is 32.7 Å². The molecule has 0 spiro atoms. The second-order valence-corrected chi connectivity index (χ2v) is 8.47. The summed E-state index contributed by atoms with van der Waals surface area (Å²) in [7, 11) is 0. The summed E-state index contributed by atoms with van der Waals surface area (Å²) in [5.74, 6) is 0.357. The van der Waals surface area contributed by atoms with Crippen LogP contribution in [0.15, 0.2) is 66.9 Å². The zero-order valence-electron chi connectivity index (χ0n) is 18.5. The van der Waals surface area contributed by atoms with Crippen molar-refractivity contribution in [2.24, 2.45) is 5.73 Å². The maximum Gasteiger partial charge on any atom is 0.255 e. The van der Waals surface area contributed by atoms with Crippen LogP contribution < -0.4 is 15.8 Å². The SMILES string of the molecule is CC(C)(C)c1ccc(Cn2nccc2NC(=O)/C=C/c2ccc(OCC(N)=O)cc2)cc1. The van der Waals surface area contributed by atoms with E-state index in [2.05, 4.69) is 55.5 Å². The van der Waals surface area contributed by atoms with Gasteiger partial charge in [-0.25, -0.2) is 4.68 Å². The lowest BCUT2D eigenvalue weighted by molar-refractivity contribution is -0.120. The van der Waals surface area contributed by atoms with Crippen molar-refractivity contribution in [2.75, 3.05) is 11.9 Å². The van der Waals surface area contributed by atoms with Gasteiger partial charge in [-0.05, 0) is 40.3 Å². The van der Waals surface area contributed by atoms with Crippen molar-refractivity contribution in [3.05, 3.63) is 83.6 Å². The van der Waals surface area contributed by atoms with Crippen molar-refractivity contribution in [3.63, 3.8) is 0 Å². The first-order valence-corrected chi connectivity index (χ1v) is 10.3. The third-order valence-corrected chi connectivity index (χ3v) is 4.81. The van der Waals surface area contributed by atoms with E-state index in [0.29, 0.717) is 18.1 Å². The molecule has 0 aliphatic heterocycles. The summed E-state index contributed by atoms with van der Waals surface area (Å²) < 4.78 is 6.97. The Labute approximate surface area is 187 Å². The molecule has 0 bridgehead atoms. The normalized spacial score (nSPS) is 11.5. The molecule has 7 nitrogen and oxygen atoms in total. The van der Waals surface area contributed by atoms with Gasteiger partial charge in [0.1, 0.15) is 11.6 Å². The molecule has 3 rings (SSSR count). The number of benzene rings is 2. The molecular formula is C25H28N4O3. The number of ether oxygens (including phenoxy) is 1.